The van der Waals surface area contributed by atoms with Crippen molar-refractivity contribution in [1.29, 1.82) is 0 Å². The molecule has 0 fully saturated rings. The third kappa shape index (κ3) is 4.11. The minimum Gasteiger partial charge on any atom is -0.309 e. The van der Waals surface area contributed by atoms with Crippen LogP contribution < -0.4 is 0 Å². The van der Waals surface area contributed by atoms with Gasteiger partial charge in [0.2, 0.25) is 5.95 Å². The van der Waals surface area contributed by atoms with Crippen LogP contribution in [0.15, 0.2) is 170 Å². The molecular formula is C47H31N5. The van der Waals surface area contributed by atoms with Crippen molar-refractivity contribution in [2.45, 2.75) is 6.92 Å². The predicted molar refractivity (Wildman–Crippen MR) is 215 cm³/mol. The molecule has 0 unspecified atom stereocenters. The monoisotopic (exact) mass is 665 g/mol. The van der Waals surface area contributed by atoms with Gasteiger partial charge in [0.25, 0.3) is 0 Å². The lowest BCUT2D eigenvalue weighted by atomic mass is 10.1. The Labute approximate surface area is 299 Å². The summed E-state index contributed by atoms with van der Waals surface area (Å²) < 4.78 is 7.07. The molecular weight excluding hydrogens is 635 g/mol. The van der Waals surface area contributed by atoms with Gasteiger partial charge in [0, 0.05) is 54.9 Å². The molecule has 5 nitrogen and oxygen atoms in total. The maximum atomic E-state index is 5.24. The fourth-order valence-corrected chi connectivity index (χ4v) is 8.34. The average Bonchev–Trinajstić information content (AvgIpc) is 3.84. The zero-order valence-corrected chi connectivity index (χ0v) is 28.4. The van der Waals surface area contributed by atoms with E-state index in [0.717, 1.165) is 50.4 Å². The molecule has 5 heteroatoms. The summed E-state index contributed by atoms with van der Waals surface area (Å²) in [6.45, 7) is 2.05. The van der Waals surface area contributed by atoms with E-state index in [1.807, 2.05) is 6.07 Å². The third-order valence-electron chi connectivity index (χ3n) is 10.5. The molecule has 0 bridgehead atoms. The zero-order valence-electron chi connectivity index (χ0n) is 28.4. The van der Waals surface area contributed by atoms with Gasteiger partial charge in [-0.3, -0.25) is 4.57 Å². The number of nitrogens with zero attached hydrogens (tertiary/aromatic N) is 5. The molecule has 4 aromatic heterocycles. The third-order valence-corrected chi connectivity index (χ3v) is 10.5. The van der Waals surface area contributed by atoms with Gasteiger partial charge in [0.05, 0.1) is 38.8 Å². The van der Waals surface area contributed by atoms with E-state index in [9.17, 15) is 0 Å². The lowest BCUT2D eigenvalue weighted by Gasteiger charge is -2.14. The number of aryl methyl sites for hydroxylation is 1. The highest BCUT2D eigenvalue weighted by atomic mass is 15.2. The molecule has 11 aromatic rings. The number of para-hydroxylation sites is 4. The normalized spacial score (nSPS) is 11.9. The maximum Gasteiger partial charge on any atom is 0.235 e. The van der Waals surface area contributed by atoms with Crippen LogP contribution in [0.2, 0.25) is 0 Å². The van der Waals surface area contributed by atoms with E-state index in [1.165, 1.54) is 43.4 Å². The summed E-state index contributed by atoms with van der Waals surface area (Å²) >= 11 is 0. The fourth-order valence-electron chi connectivity index (χ4n) is 8.34. The molecule has 7 aromatic carbocycles. The van der Waals surface area contributed by atoms with Crippen molar-refractivity contribution in [3.8, 4) is 28.6 Å². The van der Waals surface area contributed by atoms with Crippen molar-refractivity contribution in [1.82, 2.24) is 23.7 Å². The van der Waals surface area contributed by atoms with Gasteiger partial charge in [-0.25, -0.2) is 9.97 Å². The van der Waals surface area contributed by atoms with E-state index in [1.54, 1.807) is 0 Å². The lowest BCUT2D eigenvalue weighted by molar-refractivity contribution is 0.967. The first-order valence-corrected chi connectivity index (χ1v) is 17.7. The molecule has 0 amide bonds. The highest BCUT2D eigenvalue weighted by Crippen LogP contribution is 2.42. The largest absolute Gasteiger partial charge is 0.309 e. The highest BCUT2D eigenvalue weighted by molar-refractivity contribution is 6.23. The summed E-state index contributed by atoms with van der Waals surface area (Å²) in [6.07, 6.45) is 0. The summed E-state index contributed by atoms with van der Waals surface area (Å²) in [5.41, 5.74) is 12.0. The van der Waals surface area contributed by atoms with Crippen molar-refractivity contribution in [3.63, 3.8) is 0 Å². The molecule has 0 aliphatic rings. The second-order valence-electron chi connectivity index (χ2n) is 13.5. The van der Waals surface area contributed by atoms with Crippen LogP contribution in [-0.2, 0) is 0 Å². The maximum absolute atomic E-state index is 5.24. The standard InChI is InChI=1S/C47H31N5/c1-30-29-40(31-13-3-2-4-14-31)49-47(48-30)52-44-22-12-8-18-37(44)39-28-27-38-36-17-7-11-21-43(36)51(45(38)46(39)52)33-25-23-32(24-26-33)50-41-19-9-5-15-34(41)35-16-6-10-20-42(35)50/h2-29H,1H3. The summed E-state index contributed by atoms with van der Waals surface area (Å²) in [4.78, 5) is 10.3. The molecule has 0 atom stereocenters. The summed E-state index contributed by atoms with van der Waals surface area (Å²) in [5, 5.41) is 7.25. The Kier molecular flexibility index (Phi) is 6.10. The average molecular weight is 666 g/mol. The van der Waals surface area contributed by atoms with Gasteiger partial charge in [-0.2, -0.15) is 0 Å². The number of rotatable bonds is 4. The molecule has 0 radical (unpaired) electrons. The molecule has 0 N–H and O–H groups in total. The van der Waals surface area contributed by atoms with E-state index < -0.39 is 0 Å². The fraction of sp³-hybridized carbons (Fsp3) is 0.0213. The van der Waals surface area contributed by atoms with Gasteiger partial charge in [0.1, 0.15) is 0 Å². The predicted octanol–water partition coefficient (Wildman–Crippen LogP) is 11.7. The molecule has 0 saturated heterocycles. The smallest absolute Gasteiger partial charge is 0.235 e. The number of aromatic nitrogens is 5. The second kappa shape index (κ2) is 11.0. The molecule has 0 saturated carbocycles. The summed E-state index contributed by atoms with van der Waals surface area (Å²) in [6, 6.07) is 60.7. The van der Waals surface area contributed by atoms with Gasteiger partial charge < -0.3 is 9.13 Å². The number of hydrogen-bond acceptors (Lipinski definition) is 2. The van der Waals surface area contributed by atoms with Gasteiger partial charge in [0.15, 0.2) is 0 Å². The van der Waals surface area contributed by atoms with Crippen molar-refractivity contribution in [2.24, 2.45) is 0 Å². The molecule has 244 valence electrons. The summed E-state index contributed by atoms with van der Waals surface area (Å²) in [5.74, 6) is 0.663. The minimum atomic E-state index is 0.663. The molecule has 4 heterocycles. The van der Waals surface area contributed by atoms with Crippen LogP contribution in [0.5, 0.6) is 0 Å². The zero-order chi connectivity index (χ0) is 34.3. The van der Waals surface area contributed by atoms with Crippen molar-refractivity contribution in [2.75, 3.05) is 0 Å². The van der Waals surface area contributed by atoms with Crippen molar-refractivity contribution < 1.29 is 0 Å². The quantitative estimate of drug-likeness (QED) is 0.188. The Bertz CT molecular complexity index is 3130. The van der Waals surface area contributed by atoms with E-state index in [-0.39, 0.29) is 0 Å². The Balaban J connectivity index is 1.21. The van der Waals surface area contributed by atoms with Crippen LogP contribution >= 0.6 is 0 Å². The SMILES string of the molecule is Cc1cc(-c2ccccc2)nc(-n2c3ccccc3c3ccc4c5ccccc5n(-c5ccc(-n6c7ccccc7c7ccccc76)cc5)c4c32)n1. The van der Waals surface area contributed by atoms with Gasteiger partial charge in [-0.1, -0.05) is 115 Å². The molecule has 11 rings (SSSR count). The van der Waals surface area contributed by atoms with Gasteiger partial charge in [-0.15, -0.1) is 0 Å². The first-order chi connectivity index (χ1) is 25.7. The number of benzene rings is 7. The van der Waals surface area contributed by atoms with E-state index >= 15 is 0 Å². The van der Waals surface area contributed by atoms with Crippen LogP contribution in [0.25, 0.3) is 94.0 Å². The van der Waals surface area contributed by atoms with Crippen LogP contribution in [0, 0.1) is 6.92 Å². The first-order valence-electron chi connectivity index (χ1n) is 17.7. The minimum absolute atomic E-state index is 0.663. The number of hydrogen-bond donors (Lipinski definition) is 0. The van der Waals surface area contributed by atoms with Gasteiger partial charge >= 0.3 is 0 Å². The van der Waals surface area contributed by atoms with Crippen LogP contribution in [0.1, 0.15) is 5.69 Å². The summed E-state index contributed by atoms with van der Waals surface area (Å²) in [7, 11) is 0. The van der Waals surface area contributed by atoms with Crippen molar-refractivity contribution >= 4 is 65.4 Å². The first kappa shape index (κ1) is 28.8. The molecule has 0 spiro atoms. The Morgan fingerprint density at radius 1 is 0.365 bits per heavy atom. The Morgan fingerprint density at radius 3 is 1.35 bits per heavy atom. The topological polar surface area (TPSA) is 40.6 Å². The highest BCUT2D eigenvalue weighted by Gasteiger charge is 2.23. The Hall–Kier alpha value is -6.98. The lowest BCUT2D eigenvalue weighted by Crippen LogP contribution is -2.05. The number of fused-ring (bicyclic) bond motifs is 10. The van der Waals surface area contributed by atoms with Crippen LogP contribution in [0.3, 0.4) is 0 Å². The molecule has 0 aliphatic carbocycles. The van der Waals surface area contributed by atoms with Crippen LogP contribution in [0.4, 0.5) is 0 Å². The van der Waals surface area contributed by atoms with E-state index in [0.29, 0.717) is 5.95 Å². The van der Waals surface area contributed by atoms with E-state index in [4.69, 9.17) is 9.97 Å². The second-order valence-corrected chi connectivity index (χ2v) is 13.5. The van der Waals surface area contributed by atoms with Crippen molar-refractivity contribution in [3.05, 3.63) is 176 Å². The molecule has 0 aliphatic heterocycles. The molecule has 52 heavy (non-hydrogen) atoms. The van der Waals surface area contributed by atoms with Crippen LogP contribution in [-0.4, -0.2) is 23.7 Å². The Morgan fingerprint density at radius 2 is 0.788 bits per heavy atom. The van der Waals surface area contributed by atoms with Gasteiger partial charge in [-0.05, 0) is 61.5 Å². The van der Waals surface area contributed by atoms with E-state index in [2.05, 4.69) is 184 Å².